The number of unbranched alkanes of at least 4 members (excludes halogenated alkanes) is 3. The van der Waals surface area contributed by atoms with Crippen LogP contribution < -0.4 is 21.3 Å². The van der Waals surface area contributed by atoms with E-state index in [1.165, 1.54) is 17.1 Å². The van der Waals surface area contributed by atoms with E-state index in [0.717, 1.165) is 12.0 Å². The molecule has 1 atom stereocenters. The van der Waals surface area contributed by atoms with Crippen molar-refractivity contribution in [3.63, 3.8) is 0 Å². The van der Waals surface area contributed by atoms with E-state index in [1.54, 1.807) is 45.0 Å². The molecule has 1 radical (unpaired) electrons. The van der Waals surface area contributed by atoms with Gasteiger partial charge >= 0.3 is 6.09 Å². The van der Waals surface area contributed by atoms with Crippen molar-refractivity contribution in [1.29, 1.82) is 0 Å². The van der Waals surface area contributed by atoms with Crippen LogP contribution >= 0.6 is 0 Å². The van der Waals surface area contributed by atoms with E-state index < -0.39 is 35.0 Å². The van der Waals surface area contributed by atoms with Crippen LogP contribution in [0, 0.1) is 12.3 Å². The van der Waals surface area contributed by atoms with Gasteiger partial charge in [0, 0.05) is 37.5 Å². The average molecular weight is 625 g/mol. The number of alkyl carbamates (subject to hydrolysis) is 1. The molecule has 6 amide bonds. The number of rotatable bonds is 16. The number of nitrogens with zero attached hydrogens (tertiary/aromatic N) is 1. The number of carbonyl (C=O) groups is 6. The minimum atomic E-state index is -1.24. The van der Waals surface area contributed by atoms with Crippen LogP contribution in [0.5, 0.6) is 0 Å². The molecule has 12 nitrogen and oxygen atoms in total. The van der Waals surface area contributed by atoms with Crippen LogP contribution in [0.15, 0.2) is 36.4 Å². The molecule has 0 saturated heterocycles. The Morgan fingerprint density at radius 3 is 2.11 bits per heavy atom. The molecule has 0 bridgehead atoms. The van der Waals surface area contributed by atoms with Crippen molar-refractivity contribution in [3.05, 3.63) is 48.9 Å². The van der Waals surface area contributed by atoms with Gasteiger partial charge in [-0.1, -0.05) is 18.6 Å². The van der Waals surface area contributed by atoms with Crippen molar-refractivity contribution >= 4 is 41.3 Å². The molecule has 0 aromatic heterocycles. The molecule has 1 heterocycles. The monoisotopic (exact) mass is 624 g/mol. The molecule has 2 aliphatic rings. The Kier molecular flexibility index (Phi) is 12.7. The zero-order valence-corrected chi connectivity index (χ0v) is 26.5. The number of hydrogen-bond donors (Lipinski definition) is 4. The molecule has 1 aromatic carbocycles. The summed E-state index contributed by atoms with van der Waals surface area (Å²) in [6.45, 7) is 10.2. The highest BCUT2D eigenvalue weighted by molar-refractivity contribution is 6.12. The van der Waals surface area contributed by atoms with E-state index in [2.05, 4.69) is 28.2 Å². The number of nitrogens with one attached hydrogen (secondary N) is 4. The fourth-order valence-corrected chi connectivity index (χ4v) is 5.04. The van der Waals surface area contributed by atoms with E-state index in [9.17, 15) is 28.8 Å². The number of imide groups is 1. The predicted molar refractivity (Wildman–Crippen MR) is 169 cm³/mol. The molecule has 245 valence electrons. The second kappa shape index (κ2) is 16.2. The topological polar surface area (TPSA) is 163 Å². The number of hydrogen-bond acceptors (Lipinski definition) is 7. The fourth-order valence-electron chi connectivity index (χ4n) is 5.04. The summed E-state index contributed by atoms with van der Waals surface area (Å²) >= 11 is 0. The Morgan fingerprint density at radius 2 is 1.51 bits per heavy atom. The molecule has 1 aromatic rings. The van der Waals surface area contributed by atoms with Gasteiger partial charge in [-0.3, -0.25) is 28.9 Å². The molecule has 1 fully saturated rings. The average Bonchev–Trinajstić information content (AvgIpc) is 3.25. The highest BCUT2D eigenvalue weighted by atomic mass is 16.6. The predicted octanol–water partition coefficient (Wildman–Crippen LogP) is 3.37. The van der Waals surface area contributed by atoms with Gasteiger partial charge in [-0.05, 0) is 96.8 Å². The number of ether oxygens (including phenoxy) is 1. The number of anilines is 1. The van der Waals surface area contributed by atoms with Gasteiger partial charge in [-0.2, -0.15) is 0 Å². The largest absolute Gasteiger partial charge is 0.444 e. The lowest BCUT2D eigenvalue weighted by Crippen LogP contribution is -2.58. The minimum Gasteiger partial charge on any atom is -0.444 e. The standard InChI is InChI=1S/C33H46N5O7/c1-23-12-14-24(15-13-23)36-28(41)25(11-6-8-21-35-31(44)45-32(2,3)4)37-30(43)33(18-10-19-33)29(42)34-20-7-5-9-22-38-26(39)16-17-27(38)40/h12-17,25H,1,5-11,18-22H2,2-4H3,(H,34,42)(H,35,44)(H,36,41)(H,37,43)/t25-/m0/s1. The summed E-state index contributed by atoms with van der Waals surface area (Å²) in [7, 11) is 0. The van der Waals surface area contributed by atoms with Gasteiger partial charge in [0.05, 0.1) is 0 Å². The molecular formula is C33H46N5O7. The maximum Gasteiger partial charge on any atom is 0.407 e. The van der Waals surface area contributed by atoms with Gasteiger partial charge in [0.15, 0.2) is 0 Å². The highest BCUT2D eigenvalue weighted by Crippen LogP contribution is 2.41. The lowest BCUT2D eigenvalue weighted by Gasteiger charge is -2.39. The maximum absolute atomic E-state index is 13.5. The summed E-state index contributed by atoms with van der Waals surface area (Å²) in [4.78, 5) is 76.5. The Labute approximate surface area is 265 Å². The smallest absolute Gasteiger partial charge is 0.407 e. The first kappa shape index (κ1) is 35.3. The van der Waals surface area contributed by atoms with Gasteiger partial charge in [-0.25, -0.2) is 4.79 Å². The van der Waals surface area contributed by atoms with Crippen molar-refractivity contribution in [2.75, 3.05) is 25.0 Å². The lowest BCUT2D eigenvalue weighted by atomic mass is 9.67. The third-order valence-corrected chi connectivity index (χ3v) is 7.75. The van der Waals surface area contributed by atoms with Gasteiger partial charge in [0.25, 0.3) is 11.8 Å². The Hall–Kier alpha value is -4.22. The fraction of sp³-hybridized carbons (Fsp3) is 0.545. The van der Waals surface area contributed by atoms with Crippen LogP contribution in [0.25, 0.3) is 0 Å². The van der Waals surface area contributed by atoms with Crippen molar-refractivity contribution in [2.45, 2.75) is 90.2 Å². The SMILES string of the molecule is [CH2]c1ccc(NC(=O)[C@H](CCCCNC(=O)OC(C)(C)C)NC(=O)C2(C(=O)NCCCCCN3C(=O)C=CC3=O)CCC2)cc1. The second-order valence-corrected chi connectivity index (χ2v) is 12.6. The lowest BCUT2D eigenvalue weighted by molar-refractivity contribution is -0.151. The van der Waals surface area contributed by atoms with Crippen LogP contribution in [0.4, 0.5) is 10.5 Å². The molecule has 45 heavy (non-hydrogen) atoms. The Bertz CT molecular complexity index is 1250. The summed E-state index contributed by atoms with van der Waals surface area (Å²) in [6, 6.07) is 6.09. The second-order valence-electron chi connectivity index (χ2n) is 12.6. The van der Waals surface area contributed by atoms with E-state index >= 15 is 0 Å². The Morgan fingerprint density at radius 1 is 0.889 bits per heavy atom. The van der Waals surface area contributed by atoms with Crippen molar-refractivity contribution in [1.82, 2.24) is 20.9 Å². The summed E-state index contributed by atoms with van der Waals surface area (Å²) in [6.07, 6.45) is 6.78. The van der Waals surface area contributed by atoms with Crippen LogP contribution in [-0.4, -0.2) is 71.8 Å². The van der Waals surface area contributed by atoms with E-state index in [4.69, 9.17) is 4.74 Å². The molecule has 1 saturated carbocycles. The van der Waals surface area contributed by atoms with E-state index in [-0.39, 0.29) is 17.7 Å². The molecule has 0 unspecified atom stereocenters. The summed E-state index contributed by atoms with van der Waals surface area (Å²) in [5.41, 5.74) is -0.500. The van der Waals surface area contributed by atoms with Crippen molar-refractivity contribution in [3.8, 4) is 0 Å². The van der Waals surface area contributed by atoms with Crippen LogP contribution in [-0.2, 0) is 28.7 Å². The summed E-state index contributed by atoms with van der Waals surface area (Å²) < 4.78 is 5.24. The van der Waals surface area contributed by atoms with Crippen LogP contribution in [0.1, 0.15) is 84.1 Å². The summed E-state index contributed by atoms with van der Waals surface area (Å²) in [5, 5.41) is 11.2. The maximum atomic E-state index is 13.5. The van der Waals surface area contributed by atoms with E-state index in [1.807, 2.05) is 0 Å². The molecule has 1 aliphatic heterocycles. The third kappa shape index (κ3) is 10.7. The molecular weight excluding hydrogens is 578 g/mol. The first-order valence-corrected chi connectivity index (χ1v) is 15.6. The van der Waals surface area contributed by atoms with E-state index in [0.29, 0.717) is 76.7 Å². The van der Waals surface area contributed by atoms with Gasteiger partial charge in [-0.15, -0.1) is 0 Å². The molecule has 1 aliphatic carbocycles. The summed E-state index contributed by atoms with van der Waals surface area (Å²) in [5.74, 6) is -1.88. The first-order valence-electron chi connectivity index (χ1n) is 15.6. The minimum absolute atomic E-state index is 0.302. The number of carbonyl (C=O) groups excluding carboxylic acids is 6. The van der Waals surface area contributed by atoms with Crippen molar-refractivity contribution in [2.24, 2.45) is 5.41 Å². The van der Waals surface area contributed by atoms with Crippen molar-refractivity contribution < 1.29 is 33.5 Å². The van der Waals surface area contributed by atoms with Crippen LogP contribution in [0.3, 0.4) is 0 Å². The number of amides is 6. The van der Waals surface area contributed by atoms with Crippen LogP contribution in [0.2, 0.25) is 0 Å². The molecule has 3 rings (SSSR count). The number of benzene rings is 1. The molecule has 0 spiro atoms. The zero-order valence-electron chi connectivity index (χ0n) is 26.5. The van der Waals surface area contributed by atoms with Gasteiger partial charge in [0.2, 0.25) is 17.7 Å². The molecule has 4 N–H and O–H groups in total. The van der Waals surface area contributed by atoms with Gasteiger partial charge in [0.1, 0.15) is 17.1 Å². The first-order chi connectivity index (χ1) is 21.3. The molecule has 12 heteroatoms. The third-order valence-electron chi connectivity index (χ3n) is 7.75. The normalized spacial score (nSPS) is 16.0. The highest BCUT2D eigenvalue weighted by Gasteiger charge is 2.51. The van der Waals surface area contributed by atoms with Gasteiger partial charge < -0.3 is 26.0 Å². The Balaban J connectivity index is 1.51. The quantitative estimate of drug-likeness (QED) is 0.124. The zero-order chi connectivity index (χ0) is 33.0.